The highest BCUT2D eigenvalue weighted by Gasteiger charge is 2.50. The van der Waals surface area contributed by atoms with Gasteiger partial charge in [-0.1, -0.05) is 43.7 Å². The van der Waals surface area contributed by atoms with Gasteiger partial charge in [0.1, 0.15) is 11.6 Å². The summed E-state index contributed by atoms with van der Waals surface area (Å²) in [5.41, 5.74) is 5.68. The van der Waals surface area contributed by atoms with Gasteiger partial charge in [0, 0.05) is 6.54 Å². The van der Waals surface area contributed by atoms with Gasteiger partial charge in [-0.05, 0) is 24.8 Å². The third-order valence-electron chi connectivity index (χ3n) is 4.24. The number of carbonyl (C=O) groups excluding carboxylic acids is 1. The zero-order chi connectivity index (χ0) is 15.5. The molecule has 0 aliphatic carbocycles. The molecule has 1 aliphatic rings. The van der Waals surface area contributed by atoms with Crippen molar-refractivity contribution in [2.75, 3.05) is 6.54 Å². The molecule has 2 rings (SSSR count). The molecule has 5 nitrogen and oxygen atoms in total. The Bertz CT molecular complexity index is 518. The topological polar surface area (TPSA) is 83.6 Å². The number of amides is 1. The van der Waals surface area contributed by atoms with Crippen LogP contribution < -0.4 is 5.73 Å². The largest absolute Gasteiger partial charge is 0.479 e. The molecule has 1 heterocycles. The summed E-state index contributed by atoms with van der Waals surface area (Å²) < 4.78 is 0. The number of nitrogens with two attached hydrogens (primary N) is 1. The van der Waals surface area contributed by atoms with Gasteiger partial charge in [-0.25, -0.2) is 4.79 Å². The van der Waals surface area contributed by atoms with Crippen molar-refractivity contribution in [3.05, 3.63) is 35.9 Å². The molecule has 0 aromatic heterocycles. The highest BCUT2D eigenvalue weighted by Crippen LogP contribution is 2.35. The first-order chi connectivity index (χ1) is 10.0. The van der Waals surface area contributed by atoms with E-state index in [1.54, 1.807) is 12.1 Å². The summed E-state index contributed by atoms with van der Waals surface area (Å²) in [6, 6.07) is 8.28. The number of nitrogens with zero attached hydrogens (tertiary/aromatic N) is 1. The second-order valence-corrected chi connectivity index (χ2v) is 5.57. The second kappa shape index (κ2) is 6.26. The van der Waals surface area contributed by atoms with Gasteiger partial charge in [0.25, 0.3) is 0 Å². The molecule has 1 amide bonds. The average Bonchev–Trinajstić information content (AvgIpc) is 2.92. The molecular formula is C16H22N2O3. The zero-order valence-electron chi connectivity index (χ0n) is 12.3. The van der Waals surface area contributed by atoms with Crippen LogP contribution in [-0.4, -0.2) is 34.0 Å². The van der Waals surface area contributed by atoms with E-state index < -0.39 is 17.6 Å². The van der Waals surface area contributed by atoms with Crippen LogP contribution in [0.5, 0.6) is 0 Å². The number of carboxylic acid groups (broad SMARTS) is 1. The van der Waals surface area contributed by atoms with Crippen LogP contribution in [-0.2, 0) is 9.59 Å². The molecule has 5 heteroatoms. The molecule has 1 aromatic carbocycles. The lowest BCUT2D eigenvalue weighted by molar-refractivity contribution is -0.157. The second-order valence-electron chi connectivity index (χ2n) is 5.57. The molecule has 1 fully saturated rings. The van der Waals surface area contributed by atoms with Crippen molar-refractivity contribution in [3.63, 3.8) is 0 Å². The highest BCUT2D eigenvalue weighted by molar-refractivity contribution is 5.90. The SMILES string of the molecule is CCCC1(C(=O)O)CCCN1C(=O)[C@H](N)c1ccccc1. The van der Waals surface area contributed by atoms with E-state index in [-0.39, 0.29) is 5.91 Å². The summed E-state index contributed by atoms with van der Waals surface area (Å²) in [4.78, 5) is 25.9. The third kappa shape index (κ3) is 2.78. The fourth-order valence-electron chi connectivity index (χ4n) is 3.17. The third-order valence-corrected chi connectivity index (χ3v) is 4.24. The van der Waals surface area contributed by atoms with Crippen molar-refractivity contribution in [1.29, 1.82) is 0 Å². The van der Waals surface area contributed by atoms with Gasteiger partial charge in [-0.3, -0.25) is 4.79 Å². The van der Waals surface area contributed by atoms with Gasteiger partial charge >= 0.3 is 5.97 Å². The summed E-state index contributed by atoms with van der Waals surface area (Å²) in [5, 5.41) is 9.63. The maximum atomic E-state index is 12.7. The van der Waals surface area contributed by atoms with E-state index in [4.69, 9.17) is 5.73 Å². The number of aliphatic carboxylic acids is 1. The Balaban J connectivity index is 2.27. The maximum Gasteiger partial charge on any atom is 0.329 e. The van der Waals surface area contributed by atoms with Gasteiger partial charge < -0.3 is 15.7 Å². The van der Waals surface area contributed by atoms with E-state index in [0.29, 0.717) is 31.4 Å². The van der Waals surface area contributed by atoms with Crippen molar-refractivity contribution in [2.24, 2.45) is 5.73 Å². The fraction of sp³-hybridized carbons (Fsp3) is 0.500. The van der Waals surface area contributed by atoms with Gasteiger partial charge in [0.05, 0.1) is 0 Å². The lowest BCUT2D eigenvalue weighted by atomic mass is 9.90. The molecule has 0 radical (unpaired) electrons. The number of likely N-dealkylation sites (tertiary alicyclic amines) is 1. The Hall–Kier alpha value is -1.88. The molecule has 0 saturated carbocycles. The van der Waals surface area contributed by atoms with Crippen LogP contribution >= 0.6 is 0 Å². The van der Waals surface area contributed by atoms with Crippen molar-refractivity contribution in [2.45, 2.75) is 44.2 Å². The molecule has 0 spiro atoms. The fourth-order valence-corrected chi connectivity index (χ4v) is 3.17. The highest BCUT2D eigenvalue weighted by atomic mass is 16.4. The van der Waals surface area contributed by atoms with Crippen LogP contribution in [0.3, 0.4) is 0 Å². The van der Waals surface area contributed by atoms with Crippen LogP contribution in [0, 0.1) is 0 Å². The van der Waals surface area contributed by atoms with E-state index >= 15 is 0 Å². The molecule has 0 bridgehead atoms. The predicted molar refractivity (Wildman–Crippen MR) is 79.6 cm³/mol. The van der Waals surface area contributed by atoms with Crippen molar-refractivity contribution in [1.82, 2.24) is 4.90 Å². The smallest absolute Gasteiger partial charge is 0.329 e. The van der Waals surface area contributed by atoms with E-state index in [1.165, 1.54) is 4.90 Å². The quantitative estimate of drug-likeness (QED) is 0.868. The van der Waals surface area contributed by atoms with E-state index in [2.05, 4.69) is 0 Å². The molecular weight excluding hydrogens is 268 g/mol. The van der Waals surface area contributed by atoms with Gasteiger partial charge in [-0.15, -0.1) is 0 Å². The maximum absolute atomic E-state index is 12.7. The predicted octanol–water partition coefficient (Wildman–Crippen LogP) is 1.93. The van der Waals surface area contributed by atoms with E-state index in [0.717, 1.165) is 6.42 Å². The van der Waals surface area contributed by atoms with Crippen LogP contribution in [0.15, 0.2) is 30.3 Å². The minimum atomic E-state index is -1.09. The lowest BCUT2D eigenvalue weighted by Crippen LogP contribution is -2.55. The van der Waals surface area contributed by atoms with Crippen molar-refractivity contribution < 1.29 is 14.7 Å². The van der Waals surface area contributed by atoms with E-state index in [9.17, 15) is 14.7 Å². The molecule has 1 aliphatic heterocycles. The number of rotatable bonds is 5. The first-order valence-corrected chi connectivity index (χ1v) is 7.38. The van der Waals surface area contributed by atoms with Crippen LogP contribution in [0.2, 0.25) is 0 Å². The summed E-state index contributed by atoms with van der Waals surface area (Å²) in [6.45, 7) is 2.40. The molecule has 114 valence electrons. The van der Waals surface area contributed by atoms with Crippen LogP contribution in [0.4, 0.5) is 0 Å². The van der Waals surface area contributed by atoms with Gasteiger partial charge in [0.15, 0.2) is 0 Å². The van der Waals surface area contributed by atoms with Gasteiger partial charge in [-0.2, -0.15) is 0 Å². The summed E-state index contributed by atoms with van der Waals surface area (Å²) in [5.74, 6) is -1.22. The van der Waals surface area contributed by atoms with Crippen molar-refractivity contribution >= 4 is 11.9 Å². The number of benzene rings is 1. The van der Waals surface area contributed by atoms with Crippen LogP contribution in [0.1, 0.15) is 44.2 Å². The van der Waals surface area contributed by atoms with Crippen LogP contribution in [0.25, 0.3) is 0 Å². The number of carboxylic acids is 1. The number of hydrogen-bond acceptors (Lipinski definition) is 3. The number of carbonyl (C=O) groups is 2. The lowest BCUT2D eigenvalue weighted by Gasteiger charge is -2.36. The standard InChI is InChI=1S/C16H22N2O3/c1-2-9-16(15(20)21)10-6-11-18(16)14(19)13(17)12-7-4-3-5-8-12/h3-5,7-8,13H,2,6,9-11,17H2,1H3,(H,20,21)/t13-,16?/m1/s1. The average molecular weight is 290 g/mol. The Morgan fingerprint density at radius 3 is 2.62 bits per heavy atom. The monoisotopic (exact) mass is 290 g/mol. The minimum Gasteiger partial charge on any atom is -0.479 e. The molecule has 21 heavy (non-hydrogen) atoms. The molecule has 1 unspecified atom stereocenters. The molecule has 2 atom stereocenters. The Labute approximate surface area is 124 Å². The number of hydrogen-bond donors (Lipinski definition) is 2. The zero-order valence-corrected chi connectivity index (χ0v) is 12.3. The summed E-state index contributed by atoms with van der Waals surface area (Å²) >= 11 is 0. The Morgan fingerprint density at radius 1 is 1.38 bits per heavy atom. The first-order valence-electron chi connectivity index (χ1n) is 7.38. The summed E-state index contributed by atoms with van der Waals surface area (Å²) in [6.07, 6.45) is 2.40. The van der Waals surface area contributed by atoms with E-state index in [1.807, 2.05) is 25.1 Å². The minimum absolute atomic E-state index is 0.297. The molecule has 1 saturated heterocycles. The molecule has 3 N–H and O–H groups in total. The summed E-state index contributed by atoms with van der Waals surface area (Å²) in [7, 11) is 0. The Kier molecular flexibility index (Phi) is 4.63. The van der Waals surface area contributed by atoms with Gasteiger partial charge in [0.2, 0.25) is 5.91 Å². The Morgan fingerprint density at radius 2 is 2.05 bits per heavy atom. The normalized spacial score (nSPS) is 23.0. The first kappa shape index (κ1) is 15.5. The molecule has 1 aromatic rings. The van der Waals surface area contributed by atoms with Crippen molar-refractivity contribution in [3.8, 4) is 0 Å².